The van der Waals surface area contributed by atoms with Crippen molar-refractivity contribution in [2.24, 2.45) is 0 Å². The van der Waals surface area contributed by atoms with Gasteiger partial charge in [0.05, 0.1) is 6.61 Å². The molecule has 0 aliphatic carbocycles. The Balaban J connectivity index is 2.78. The summed E-state index contributed by atoms with van der Waals surface area (Å²) >= 11 is 0. The molecule has 0 saturated carbocycles. The zero-order valence-corrected chi connectivity index (χ0v) is 9.15. The average Bonchev–Trinajstić information content (AvgIpc) is 2.36. The van der Waals surface area contributed by atoms with Gasteiger partial charge in [-0.2, -0.15) is 0 Å². The highest BCUT2D eigenvalue weighted by Crippen LogP contribution is 2.33. The van der Waals surface area contributed by atoms with Crippen LogP contribution in [0, 0.1) is 0 Å². The van der Waals surface area contributed by atoms with Gasteiger partial charge < -0.3 is 18.9 Å². The topological polar surface area (TPSA) is 36.9 Å². The summed E-state index contributed by atoms with van der Waals surface area (Å²) in [6, 6.07) is -0.468. The molecular weight excluding hydrogens is 183 g/mol. The van der Waals surface area contributed by atoms with E-state index in [1.54, 1.807) is 21.3 Å². The fourth-order valence-electron chi connectivity index (χ4n) is 2.01. The van der Waals surface area contributed by atoms with Crippen molar-refractivity contribution in [3.63, 3.8) is 0 Å². The van der Waals surface area contributed by atoms with Crippen LogP contribution in [0.25, 0.3) is 0 Å². The first-order valence-electron chi connectivity index (χ1n) is 4.57. The van der Waals surface area contributed by atoms with Gasteiger partial charge in [-0.25, -0.2) is 0 Å². The van der Waals surface area contributed by atoms with Gasteiger partial charge in [0, 0.05) is 27.3 Å². The Morgan fingerprint density at radius 3 is 2.36 bits per heavy atom. The molecule has 0 spiro atoms. The van der Waals surface area contributed by atoms with Crippen LogP contribution < -0.4 is 0 Å². The standard InChI is InChI=1S/C9H17BO4/c1-9(5-11-2)7(13-4)6(12-3)8(10)14-9/h6-8H,5H2,1-4H3/t6-,7+,8-,9-/m1/s1. The molecule has 0 aromatic carbocycles. The van der Waals surface area contributed by atoms with E-state index in [2.05, 4.69) is 0 Å². The maximum Gasteiger partial charge on any atom is 0.117 e. The van der Waals surface area contributed by atoms with Gasteiger partial charge in [0.1, 0.15) is 25.7 Å². The highest BCUT2D eigenvalue weighted by molar-refractivity contribution is 6.11. The Labute approximate surface area is 86.3 Å². The summed E-state index contributed by atoms with van der Waals surface area (Å²) in [7, 11) is 10.6. The van der Waals surface area contributed by atoms with E-state index in [9.17, 15) is 0 Å². The minimum absolute atomic E-state index is 0.206. The molecule has 4 nitrogen and oxygen atoms in total. The monoisotopic (exact) mass is 200 g/mol. The molecule has 0 amide bonds. The van der Waals surface area contributed by atoms with E-state index in [1.165, 1.54) is 0 Å². The molecule has 1 aliphatic heterocycles. The molecule has 0 bridgehead atoms. The first-order valence-corrected chi connectivity index (χ1v) is 4.57. The van der Waals surface area contributed by atoms with Crippen LogP contribution in [0.1, 0.15) is 6.92 Å². The highest BCUT2D eigenvalue weighted by Gasteiger charge is 2.51. The summed E-state index contributed by atoms with van der Waals surface area (Å²) in [4.78, 5) is 0. The lowest BCUT2D eigenvalue weighted by Gasteiger charge is -2.29. The summed E-state index contributed by atoms with van der Waals surface area (Å²) in [6.45, 7) is 2.34. The number of methoxy groups -OCH3 is 3. The fourth-order valence-corrected chi connectivity index (χ4v) is 2.01. The van der Waals surface area contributed by atoms with Gasteiger partial charge in [-0.05, 0) is 6.92 Å². The molecular formula is C9H17BO4. The SMILES string of the molecule is [B][C@@H]1O[C@](C)(COC)[C@@H](OC)[C@H]1OC. The number of hydrogen-bond donors (Lipinski definition) is 0. The number of hydrogen-bond acceptors (Lipinski definition) is 4. The average molecular weight is 200 g/mol. The summed E-state index contributed by atoms with van der Waals surface area (Å²) < 4.78 is 21.3. The van der Waals surface area contributed by atoms with Gasteiger partial charge in [0.25, 0.3) is 0 Å². The zero-order chi connectivity index (χ0) is 10.8. The Morgan fingerprint density at radius 2 is 1.93 bits per heavy atom. The maximum atomic E-state index is 5.78. The van der Waals surface area contributed by atoms with Crippen molar-refractivity contribution in [2.45, 2.75) is 30.7 Å². The molecule has 80 valence electrons. The summed E-state index contributed by atoms with van der Waals surface area (Å²) in [5.74, 6) is 0. The third-order valence-corrected chi connectivity index (χ3v) is 2.59. The van der Waals surface area contributed by atoms with Gasteiger partial charge in [0.15, 0.2) is 0 Å². The second kappa shape index (κ2) is 4.62. The van der Waals surface area contributed by atoms with Gasteiger partial charge >= 0.3 is 0 Å². The predicted octanol–water partition coefficient (Wildman–Crippen LogP) is -0.0537. The first-order chi connectivity index (χ1) is 6.59. The molecule has 5 heteroatoms. The molecule has 1 heterocycles. The Hall–Kier alpha value is -0.0951. The molecule has 0 N–H and O–H groups in total. The number of ether oxygens (including phenoxy) is 4. The van der Waals surface area contributed by atoms with Gasteiger partial charge in [-0.15, -0.1) is 0 Å². The zero-order valence-electron chi connectivity index (χ0n) is 9.15. The van der Waals surface area contributed by atoms with Crippen LogP contribution in [0.4, 0.5) is 0 Å². The van der Waals surface area contributed by atoms with Crippen molar-refractivity contribution in [3.8, 4) is 0 Å². The van der Waals surface area contributed by atoms with Crippen LogP contribution in [-0.4, -0.2) is 59.6 Å². The van der Waals surface area contributed by atoms with Gasteiger partial charge in [0.2, 0.25) is 0 Å². The molecule has 14 heavy (non-hydrogen) atoms. The summed E-state index contributed by atoms with van der Waals surface area (Å²) in [5.41, 5.74) is -0.538. The van der Waals surface area contributed by atoms with Crippen LogP contribution in [0.5, 0.6) is 0 Å². The van der Waals surface area contributed by atoms with E-state index in [4.69, 9.17) is 26.8 Å². The van der Waals surface area contributed by atoms with Crippen LogP contribution in [0.2, 0.25) is 0 Å². The highest BCUT2D eigenvalue weighted by atomic mass is 16.6. The van der Waals surface area contributed by atoms with E-state index < -0.39 is 11.6 Å². The van der Waals surface area contributed by atoms with E-state index in [0.29, 0.717) is 6.61 Å². The molecule has 1 fully saturated rings. The van der Waals surface area contributed by atoms with Crippen molar-refractivity contribution < 1.29 is 18.9 Å². The Bertz CT molecular complexity index is 190. The van der Waals surface area contributed by atoms with Crippen molar-refractivity contribution in [1.29, 1.82) is 0 Å². The minimum atomic E-state index is -0.538. The second-order valence-electron chi connectivity index (χ2n) is 3.68. The van der Waals surface area contributed by atoms with E-state index in [-0.39, 0.29) is 12.2 Å². The van der Waals surface area contributed by atoms with E-state index >= 15 is 0 Å². The molecule has 4 atom stereocenters. The maximum absolute atomic E-state index is 5.78. The van der Waals surface area contributed by atoms with Crippen molar-refractivity contribution in [2.75, 3.05) is 27.9 Å². The van der Waals surface area contributed by atoms with Crippen molar-refractivity contribution >= 4 is 7.85 Å². The molecule has 1 aliphatic rings. The van der Waals surface area contributed by atoms with Crippen LogP contribution in [0.3, 0.4) is 0 Å². The Kier molecular flexibility index (Phi) is 3.95. The van der Waals surface area contributed by atoms with E-state index in [1.807, 2.05) is 6.92 Å². The third-order valence-electron chi connectivity index (χ3n) is 2.59. The minimum Gasteiger partial charge on any atom is -0.382 e. The number of rotatable bonds is 4. The van der Waals surface area contributed by atoms with Crippen LogP contribution >= 0.6 is 0 Å². The van der Waals surface area contributed by atoms with Gasteiger partial charge in [-0.3, -0.25) is 0 Å². The lowest BCUT2D eigenvalue weighted by Crippen LogP contribution is -2.46. The predicted molar refractivity (Wildman–Crippen MR) is 52.5 cm³/mol. The lowest BCUT2D eigenvalue weighted by atomic mass is 9.90. The van der Waals surface area contributed by atoms with Crippen molar-refractivity contribution in [3.05, 3.63) is 0 Å². The third kappa shape index (κ3) is 1.96. The normalized spacial score (nSPS) is 43.0. The summed E-state index contributed by atoms with van der Waals surface area (Å²) in [6.07, 6.45) is -0.456. The van der Waals surface area contributed by atoms with E-state index in [0.717, 1.165) is 0 Å². The molecule has 0 aromatic heterocycles. The van der Waals surface area contributed by atoms with Gasteiger partial charge in [-0.1, -0.05) is 0 Å². The smallest absolute Gasteiger partial charge is 0.117 e. The largest absolute Gasteiger partial charge is 0.382 e. The quantitative estimate of drug-likeness (QED) is 0.596. The van der Waals surface area contributed by atoms with Crippen molar-refractivity contribution in [1.82, 2.24) is 0 Å². The second-order valence-corrected chi connectivity index (χ2v) is 3.68. The molecule has 2 radical (unpaired) electrons. The Morgan fingerprint density at radius 1 is 1.29 bits per heavy atom. The molecule has 0 unspecified atom stereocenters. The molecule has 1 rings (SSSR count). The molecule has 1 saturated heterocycles. The molecule has 0 aromatic rings. The first kappa shape index (κ1) is 12.0. The fraction of sp³-hybridized carbons (Fsp3) is 1.00. The van der Waals surface area contributed by atoms with Crippen LogP contribution in [0.15, 0.2) is 0 Å². The summed E-state index contributed by atoms with van der Waals surface area (Å²) in [5, 5.41) is 0. The van der Waals surface area contributed by atoms with Crippen LogP contribution in [-0.2, 0) is 18.9 Å². The lowest BCUT2D eigenvalue weighted by molar-refractivity contribution is -0.109.